The van der Waals surface area contributed by atoms with Gasteiger partial charge in [-0.25, -0.2) is 0 Å². The van der Waals surface area contributed by atoms with Crippen LogP contribution >= 0.6 is 0 Å². The first kappa shape index (κ1) is 15.0. The van der Waals surface area contributed by atoms with Crippen molar-refractivity contribution >= 4 is 0 Å². The molecule has 0 aliphatic rings. The van der Waals surface area contributed by atoms with Gasteiger partial charge < -0.3 is 10.2 Å². The lowest BCUT2D eigenvalue weighted by molar-refractivity contribution is -0.137. The molecule has 0 unspecified atom stereocenters. The lowest BCUT2D eigenvalue weighted by Crippen LogP contribution is -2.21. The second-order valence-corrected chi connectivity index (χ2v) is 4.53. The number of hydrogen-bond donors (Lipinski definition) is 1. The van der Waals surface area contributed by atoms with Crippen LogP contribution in [0.1, 0.15) is 17.5 Å². The van der Waals surface area contributed by atoms with Gasteiger partial charge in [0.05, 0.1) is 5.56 Å². The first-order valence-corrected chi connectivity index (χ1v) is 5.91. The molecule has 0 spiro atoms. The normalized spacial score (nSPS) is 12.1. The zero-order valence-corrected chi connectivity index (χ0v) is 10.7. The van der Waals surface area contributed by atoms with Crippen LogP contribution in [0.3, 0.4) is 0 Å². The molecule has 2 nitrogen and oxygen atoms in total. The first-order valence-electron chi connectivity index (χ1n) is 5.91. The number of benzene rings is 1. The predicted molar refractivity (Wildman–Crippen MR) is 66.3 cm³/mol. The number of nitrogens with zero attached hydrogens (tertiary/aromatic N) is 1. The van der Waals surface area contributed by atoms with Crippen molar-refractivity contribution in [3.8, 4) is 0 Å². The summed E-state index contributed by atoms with van der Waals surface area (Å²) in [6, 6.07) is 5.43. The van der Waals surface area contributed by atoms with Crippen molar-refractivity contribution < 1.29 is 13.2 Å². The van der Waals surface area contributed by atoms with Crippen molar-refractivity contribution in [1.82, 2.24) is 10.2 Å². The number of alkyl halides is 3. The minimum Gasteiger partial charge on any atom is -0.313 e. The van der Waals surface area contributed by atoms with E-state index < -0.39 is 11.7 Å². The summed E-state index contributed by atoms with van der Waals surface area (Å²) in [6.45, 7) is 2.24. The first-order chi connectivity index (χ1) is 8.39. The summed E-state index contributed by atoms with van der Waals surface area (Å²) in [4.78, 5) is 2.08. The van der Waals surface area contributed by atoms with Crippen LogP contribution in [0.2, 0.25) is 0 Å². The fourth-order valence-electron chi connectivity index (χ4n) is 1.61. The molecule has 0 aromatic heterocycles. The molecule has 0 bridgehead atoms. The molecule has 102 valence electrons. The molecule has 5 heteroatoms. The summed E-state index contributed by atoms with van der Waals surface area (Å²) in [7, 11) is 3.99. The average Bonchev–Trinajstić information content (AvgIpc) is 2.27. The zero-order valence-electron chi connectivity index (χ0n) is 10.7. The largest absolute Gasteiger partial charge is 0.416 e. The van der Waals surface area contributed by atoms with Crippen LogP contribution in [-0.4, -0.2) is 32.1 Å². The summed E-state index contributed by atoms with van der Waals surface area (Å²) in [5, 5.41) is 3.14. The Hall–Kier alpha value is -1.07. The molecule has 0 aliphatic carbocycles. The van der Waals surface area contributed by atoms with Gasteiger partial charge in [0.15, 0.2) is 0 Å². The summed E-state index contributed by atoms with van der Waals surface area (Å²) < 4.78 is 37.4. The second-order valence-electron chi connectivity index (χ2n) is 4.53. The van der Waals surface area contributed by atoms with Crippen LogP contribution < -0.4 is 5.32 Å². The van der Waals surface area contributed by atoms with Crippen molar-refractivity contribution in [2.45, 2.75) is 19.1 Å². The molecule has 0 aliphatic heterocycles. The lowest BCUT2D eigenvalue weighted by Gasteiger charge is -2.11. The number of halogens is 3. The molecular weight excluding hydrogens is 241 g/mol. The Morgan fingerprint density at radius 2 is 1.94 bits per heavy atom. The monoisotopic (exact) mass is 260 g/mol. The Bertz CT molecular complexity index is 361. The van der Waals surface area contributed by atoms with E-state index >= 15 is 0 Å². The third-order valence-electron chi connectivity index (χ3n) is 2.54. The van der Waals surface area contributed by atoms with Crippen LogP contribution in [0, 0.1) is 0 Å². The van der Waals surface area contributed by atoms with Gasteiger partial charge in [-0.05, 0) is 45.2 Å². The maximum absolute atomic E-state index is 12.5. The fraction of sp³-hybridized carbons (Fsp3) is 0.538. The topological polar surface area (TPSA) is 15.3 Å². The lowest BCUT2D eigenvalue weighted by atomic mass is 10.1. The zero-order chi connectivity index (χ0) is 13.6. The van der Waals surface area contributed by atoms with Gasteiger partial charge in [-0.2, -0.15) is 13.2 Å². The van der Waals surface area contributed by atoms with Gasteiger partial charge in [0.2, 0.25) is 0 Å². The van der Waals surface area contributed by atoms with E-state index in [2.05, 4.69) is 10.2 Å². The van der Waals surface area contributed by atoms with Crippen molar-refractivity contribution in [1.29, 1.82) is 0 Å². The number of rotatable bonds is 6. The minimum atomic E-state index is -4.26. The maximum atomic E-state index is 12.5. The Labute approximate surface area is 106 Å². The molecule has 0 amide bonds. The highest BCUT2D eigenvalue weighted by Crippen LogP contribution is 2.29. The van der Waals surface area contributed by atoms with Gasteiger partial charge >= 0.3 is 6.18 Å². The summed E-state index contributed by atoms with van der Waals surface area (Å²) in [5.74, 6) is 0. The van der Waals surface area contributed by atoms with Gasteiger partial charge in [-0.15, -0.1) is 0 Å². The molecule has 1 aromatic rings. The number of hydrogen-bond acceptors (Lipinski definition) is 2. The highest BCUT2D eigenvalue weighted by atomic mass is 19.4. The molecule has 0 saturated carbocycles. The second kappa shape index (κ2) is 6.75. The molecule has 1 aromatic carbocycles. The molecule has 0 heterocycles. The van der Waals surface area contributed by atoms with Crippen molar-refractivity contribution in [3.05, 3.63) is 35.4 Å². The molecule has 0 radical (unpaired) electrons. The highest BCUT2D eigenvalue weighted by Gasteiger charge is 2.30. The number of nitrogens with one attached hydrogen (secondary N) is 1. The smallest absolute Gasteiger partial charge is 0.313 e. The van der Waals surface area contributed by atoms with Crippen LogP contribution in [0.15, 0.2) is 24.3 Å². The van der Waals surface area contributed by atoms with Gasteiger partial charge in [-0.1, -0.05) is 18.2 Å². The summed E-state index contributed by atoms with van der Waals surface area (Å²) in [5.41, 5.74) is 0.0739. The molecular formula is C13H19F3N2. The van der Waals surface area contributed by atoms with Crippen LogP contribution in [0.5, 0.6) is 0 Å². The Morgan fingerprint density at radius 1 is 1.22 bits per heavy atom. The van der Waals surface area contributed by atoms with Gasteiger partial charge in [0, 0.05) is 6.54 Å². The average molecular weight is 260 g/mol. The standard InChI is InChI=1S/C13H19F3N2/c1-18(2)8-4-7-17-10-11-5-3-6-12(9-11)13(14,15)16/h3,5-6,9,17H,4,7-8,10H2,1-2H3. The molecule has 0 saturated heterocycles. The van der Waals surface area contributed by atoms with E-state index in [1.165, 1.54) is 12.1 Å². The van der Waals surface area contributed by atoms with Crippen molar-refractivity contribution in [2.75, 3.05) is 27.2 Å². The highest BCUT2D eigenvalue weighted by molar-refractivity contribution is 5.25. The van der Waals surface area contributed by atoms with Crippen molar-refractivity contribution in [3.63, 3.8) is 0 Å². The molecule has 1 rings (SSSR count). The van der Waals surface area contributed by atoms with Crippen LogP contribution in [-0.2, 0) is 12.7 Å². The van der Waals surface area contributed by atoms with E-state index in [9.17, 15) is 13.2 Å². The molecule has 0 atom stereocenters. The van der Waals surface area contributed by atoms with Crippen molar-refractivity contribution in [2.24, 2.45) is 0 Å². The van der Waals surface area contributed by atoms with Gasteiger partial charge in [0.1, 0.15) is 0 Å². The molecule has 0 fully saturated rings. The van der Waals surface area contributed by atoms with E-state index in [0.717, 1.165) is 25.6 Å². The molecule has 1 N–H and O–H groups in total. The predicted octanol–water partition coefficient (Wildman–Crippen LogP) is 2.75. The molecule has 18 heavy (non-hydrogen) atoms. The SMILES string of the molecule is CN(C)CCCNCc1cccc(C(F)(F)F)c1. The van der Waals surface area contributed by atoms with E-state index in [-0.39, 0.29) is 0 Å². The quantitative estimate of drug-likeness (QED) is 0.791. The van der Waals surface area contributed by atoms with Crippen LogP contribution in [0.25, 0.3) is 0 Å². The third-order valence-corrected chi connectivity index (χ3v) is 2.54. The van der Waals surface area contributed by atoms with Gasteiger partial charge in [-0.3, -0.25) is 0 Å². The summed E-state index contributed by atoms with van der Waals surface area (Å²) >= 11 is 0. The van der Waals surface area contributed by atoms with E-state index in [1.807, 2.05) is 14.1 Å². The Morgan fingerprint density at radius 3 is 2.56 bits per heavy atom. The van der Waals surface area contributed by atoms with E-state index in [1.54, 1.807) is 6.07 Å². The van der Waals surface area contributed by atoms with Crippen LogP contribution in [0.4, 0.5) is 13.2 Å². The van der Waals surface area contributed by atoms with E-state index in [0.29, 0.717) is 12.1 Å². The Balaban J connectivity index is 2.39. The third kappa shape index (κ3) is 5.51. The maximum Gasteiger partial charge on any atom is 0.416 e. The van der Waals surface area contributed by atoms with Gasteiger partial charge in [0.25, 0.3) is 0 Å². The fourth-order valence-corrected chi connectivity index (χ4v) is 1.61. The summed E-state index contributed by atoms with van der Waals surface area (Å²) in [6.07, 6.45) is -3.28. The minimum absolute atomic E-state index is 0.470. The Kier molecular flexibility index (Phi) is 5.62. The van der Waals surface area contributed by atoms with E-state index in [4.69, 9.17) is 0 Å².